The molecule has 1 rings (SSSR count). The van der Waals surface area contributed by atoms with Crippen LogP contribution in [0, 0.1) is 13.5 Å². The lowest BCUT2D eigenvalue weighted by Gasteiger charge is -1.80. The first kappa shape index (κ1) is 6.81. The summed E-state index contributed by atoms with van der Waals surface area (Å²) in [6, 6.07) is 1.85. The monoisotopic (exact) mass is 136 g/mol. The van der Waals surface area contributed by atoms with Gasteiger partial charge in [-0.15, -0.1) is 0 Å². The lowest BCUT2D eigenvalue weighted by Crippen LogP contribution is -1.82. The average molecular weight is 136 g/mol. The Kier molecular flexibility index (Phi) is 2.06. The van der Waals surface area contributed by atoms with Crippen LogP contribution < -0.4 is 0 Å². The summed E-state index contributed by atoms with van der Waals surface area (Å²) in [6.45, 7) is 8.87. The molecule has 0 radical (unpaired) electrons. The van der Waals surface area contributed by atoms with Crippen molar-refractivity contribution in [2.75, 3.05) is 6.54 Å². The fraction of sp³-hybridized carbons (Fsp3) is 0.429. The van der Waals surface area contributed by atoms with Crippen LogP contribution in [0.25, 0.3) is 4.85 Å². The normalized spacial score (nSPS) is 9.20. The highest BCUT2D eigenvalue weighted by Crippen LogP contribution is 2.02. The van der Waals surface area contributed by atoms with Crippen molar-refractivity contribution in [1.82, 2.24) is 5.16 Å². The first-order valence-corrected chi connectivity index (χ1v) is 3.08. The molecule has 0 saturated heterocycles. The molecule has 0 aromatic carbocycles. The number of aromatic nitrogens is 1. The maximum absolute atomic E-state index is 6.52. The predicted molar refractivity (Wildman–Crippen MR) is 36.4 cm³/mol. The van der Waals surface area contributed by atoms with Gasteiger partial charge in [-0.05, 0) is 6.92 Å². The fourth-order valence-corrected chi connectivity index (χ4v) is 0.700. The number of hydrogen-bond acceptors (Lipinski definition) is 2. The molecule has 0 atom stereocenters. The van der Waals surface area contributed by atoms with Crippen LogP contribution in [0.15, 0.2) is 10.6 Å². The summed E-state index contributed by atoms with van der Waals surface area (Å²) < 4.78 is 4.87. The molecule has 0 amide bonds. The van der Waals surface area contributed by atoms with Gasteiger partial charge in [0.25, 0.3) is 0 Å². The fourth-order valence-electron chi connectivity index (χ4n) is 0.700. The molecule has 10 heavy (non-hydrogen) atoms. The van der Waals surface area contributed by atoms with E-state index in [0.717, 1.165) is 11.5 Å². The summed E-state index contributed by atoms with van der Waals surface area (Å²) in [5.41, 5.74) is 0.875. The summed E-state index contributed by atoms with van der Waals surface area (Å²) >= 11 is 0. The lowest BCUT2D eigenvalue weighted by molar-refractivity contribution is 0.382. The molecule has 0 aliphatic rings. The van der Waals surface area contributed by atoms with Crippen LogP contribution in [0.2, 0.25) is 0 Å². The van der Waals surface area contributed by atoms with E-state index in [4.69, 9.17) is 11.1 Å². The van der Waals surface area contributed by atoms with Crippen LogP contribution in [-0.2, 0) is 6.42 Å². The van der Waals surface area contributed by atoms with E-state index in [1.165, 1.54) is 0 Å². The minimum atomic E-state index is 0.481. The molecule has 0 bridgehead atoms. The molecule has 0 fully saturated rings. The van der Waals surface area contributed by atoms with E-state index in [1.54, 1.807) is 0 Å². The van der Waals surface area contributed by atoms with Gasteiger partial charge in [0.05, 0.1) is 12.1 Å². The minimum Gasteiger partial charge on any atom is -0.361 e. The first-order valence-electron chi connectivity index (χ1n) is 3.08. The molecule has 0 N–H and O–H groups in total. The predicted octanol–water partition coefficient (Wildman–Crippen LogP) is 1.44. The zero-order valence-corrected chi connectivity index (χ0v) is 5.79. The van der Waals surface area contributed by atoms with Crippen LogP contribution in [0.3, 0.4) is 0 Å². The molecule has 0 unspecified atom stereocenters. The molecule has 3 heteroatoms. The van der Waals surface area contributed by atoms with E-state index < -0.39 is 0 Å². The average Bonchev–Trinajstić information content (AvgIpc) is 2.31. The highest BCUT2D eigenvalue weighted by molar-refractivity contribution is 5.03. The maximum Gasteiger partial charge on any atom is 0.221 e. The minimum absolute atomic E-state index is 0.481. The third-order valence-corrected chi connectivity index (χ3v) is 1.15. The molecule has 0 aliphatic heterocycles. The van der Waals surface area contributed by atoms with E-state index >= 15 is 0 Å². The number of rotatable bonds is 2. The Morgan fingerprint density at radius 2 is 2.60 bits per heavy atom. The van der Waals surface area contributed by atoms with Gasteiger partial charge in [0.2, 0.25) is 6.54 Å². The second kappa shape index (κ2) is 3.02. The van der Waals surface area contributed by atoms with Gasteiger partial charge < -0.3 is 9.37 Å². The Balaban J connectivity index is 2.52. The van der Waals surface area contributed by atoms with E-state index in [0.29, 0.717) is 13.0 Å². The lowest BCUT2D eigenvalue weighted by atomic mass is 10.3. The van der Waals surface area contributed by atoms with Crippen LogP contribution in [-0.4, -0.2) is 11.7 Å². The molecule has 0 aliphatic carbocycles. The van der Waals surface area contributed by atoms with Crippen molar-refractivity contribution in [3.8, 4) is 0 Å². The molecule has 52 valence electrons. The quantitative estimate of drug-likeness (QED) is 0.576. The smallest absolute Gasteiger partial charge is 0.221 e. The Labute approximate surface area is 59.5 Å². The van der Waals surface area contributed by atoms with Gasteiger partial charge in [0.1, 0.15) is 5.76 Å². The van der Waals surface area contributed by atoms with Gasteiger partial charge in [0.15, 0.2) is 0 Å². The largest absolute Gasteiger partial charge is 0.361 e. The summed E-state index contributed by atoms with van der Waals surface area (Å²) in [5, 5.41) is 3.69. The Hall–Kier alpha value is -1.30. The SMILES string of the molecule is [C-]#[N+]CCc1cc(C)no1. The molecular formula is C7H8N2O. The zero-order valence-electron chi connectivity index (χ0n) is 5.79. The number of nitrogens with zero attached hydrogens (tertiary/aromatic N) is 2. The van der Waals surface area contributed by atoms with E-state index in [1.807, 2.05) is 13.0 Å². The van der Waals surface area contributed by atoms with Crippen molar-refractivity contribution < 1.29 is 4.52 Å². The van der Waals surface area contributed by atoms with Crippen molar-refractivity contribution in [3.63, 3.8) is 0 Å². The summed E-state index contributed by atoms with van der Waals surface area (Å²) in [6.07, 6.45) is 0.671. The van der Waals surface area contributed by atoms with Crippen LogP contribution in [0.1, 0.15) is 11.5 Å². The second-order valence-electron chi connectivity index (χ2n) is 2.07. The van der Waals surface area contributed by atoms with Gasteiger partial charge in [-0.1, -0.05) is 5.16 Å². The molecule has 0 saturated carbocycles. The summed E-state index contributed by atoms with van der Waals surface area (Å²) in [7, 11) is 0. The van der Waals surface area contributed by atoms with Crippen molar-refractivity contribution in [2.24, 2.45) is 0 Å². The van der Waals surface area contributed by atoms with E-state index in [9.17, 15) is 0 Å². The molecule has 1 aromatic rings. The van der Waals surface area contributed by atoms with Crippen molar-refractivity contribution in [1.29, 1.82) is 0 Å². The van der Waals surface area contributed by atoms with Crippen molar-refractivity contribution in [2.45, 2.75) is 13.3 Å². The summed E-state index contributed by atoms with van der Waals surface area (Å²) in [4.78, 5) is 3.20. The van der Waals surface area contributed by atoms with E-state index in [-0.39, 0.29) is 0 Å². The highest BCUT2D eigenvalue weighted by Gasteiger charge is 2.00. The third kappa shape index (κ3) is 1.59. The Bertz CT molecular complexity index is 246. The van der Waals surface area contributed by atoms with Gasteiger partial charge in [-0.3, -0.25) is 0 Å². The molecule has 0 spiro atoms. The van der Waals surface area contributed by atoms with Crippen LogP contribution >= 0.6 is 0 Å². The standard InChI is InChI=1S/C7H8N2O/c1-6-5-7(10-9-6)3-4-8-2/h5H,3-4H2,1H3. The zero-order chi connectivity index (χ0) is 7.40. The highest BCUT2D eigenvalue weighted by atomic mass is 16.5. The number of hydrogen-bond donors (Lipinski definition) is 0. The third-order valence-electron chi connectivity index (χ3n) is 1.15. The van der Waals surface area contributed by atoms with E-state index in [2.05, 4.69) is 10.0 Å². The molecular weight excluding hydrogens is 128 g/mol. The van der Waals surface area contributed by atoms with Gasteiger partial charge in [-0.2, -0.15) is 0 Å². The maximum atomic E-state index is 6.52. The molecule has 3 nitrogen and oxygen atoms in total. The topological polar surface area (TPSA) is 30.4 Å². The van der Waals surface area contributed by atoms with Gasteiger partial charge >= 0.3 is 0 Å². The van der Waals surface area contributed by atoms with Crippen LogP contribution in [0.5, 0.6) is 0 Å². The van der Waals surface area contributed by atoms with Gasteiger partial charge in [0, 0.05) is 6.07 Å². The van der Waals surface area contributed by atoms with Gasteiger partial charge in [-0.25, -0.2) is 6.57 Å². The Morgan fingerprint density at radius 3 is 3.10 bits per heavy atom. The summed E-state index contributed by atoms with van der Waals surface area (Å²) in [5.74, 6) is 0.800. The molecule has 1 aromatic heterocycles. The number of aryl methyl sites for hydroxylation is 1. The van der Waals surface area contributed by atoms with Crippen molar-refractivity contribution >= 4 is 0 Å². The second-order valence-corrected chi connectivity index (χ2v) is 2.07. The van der Waals surface area contributed by atoms with Crippen LogP contribution in [0.4, 0.5) is 0 Å². The Morgan fingerprint density at radius 1 is 1.80 bits per heavy atom. The molecule has 1 heterocycles. The van der Waals surface area contributed by atoms with Crippen molar-refractivity contribution in [3.05, 3.63) is 28.9 Å². The first-order chi connectivity index (χ1) is 4.83.